The summed E-state index contributed by atoms with van der Waals surface area (Å²) in [4.78, 5) is 11.9. The van der Waals surface area contributed by atoms with Crippen molar-refractivity contribution in [2.24, 2.45) is 0 Å². The summed E-state index contributed by atoms with van der Waals surface area (Å²) in [5.41, 5.74) is 10.5. The van der Waals surface area contributed by atoms with Crippen LogP contribution in [0.5, 0.6) is 0 Å². The highest BCUT2D eigenvalue weighted by atomic mass is 32.2. The molecular formula is C27H29N3O2S3. The van der Waals surface area contributed by atoms with E-state index in [0.29, 0.717) is 35.2 Å². The number of nitrogens with zero attached hydrogens (tertiary/aromatic N) is 2. The minimum absolute atomic E-state index is 0.236. The average molecular weight is 524 g/mol. The van der Waals surface area contributed by atoms with Gasteiger partial charge in [0.1, 0.15) is 10.6 Å². The van der Waals surface area contributed by atoms with Crippen LogP contribution in [0.2, 0.25) is 0 Å². The van der Waals surface area contributed by atoms with Crippen LogP contribution in [-0.4, -0.2) is 35.2 Å². The van der Waals surface area contributed by atoms with Gasteiger partial charge in [-0.25, -0.2) is 9.97 Å². The molecule has 0 saturated heterocycles. The van der Waals surface area contributed by atoms with Crippen molar-refractivity contribution in [3.63, 3.8) is 0 Å². The lowest BCUT2D eigenvalue weighted by Crippen LogP contribution is -2.20. The molecule has 0 unspecified atom stereocenters. The molecule has 0 aliphatic carbocycles. The summed E-state index contributed by atoms with van der Waals surface area (Å²) in [5, 5.41) is 2.27. The molecule has 2 N–H and O–H groups in total. The Morgan fingerprint density at radius 3 is 2.29 bits per heavy atom. The van der Waals surface area contributed by atoms with Crippen molar-refractivity contribution < 1.29 is 9.47 Å². The first-order chi connectivity index (χ1) is 17.2. The molecule has 0 amide bonds. The summed E-state index contributed by atoms with van der Waals surface area (Å²) in [5.74, 6) is 1.18. The third kappa shape index (κ3) is 5.37. The van der Waals surface area contributed by atoms with Gasteiger partial charge < -0.3 is 15.2 Å². The number of anilines is 1. The Hall–Kier alpha value is -2.10. The molecule has 3 heterocycles. The maximum absolute atomic E-state index is 6.59. The number of hydrogen-bond donors (Lipinski definition) is 1. The first-order valence-electron chi connectivity index (χ1n) is 11.9. The van der Waals surface area contributed by atoms with Crippen LogP contribution in [0.25, 0.3) is 10.2 Å². The molecule has 5 nitrogen and oxygen atoms in total. The number of nitrogen functional groups attached to an aromatic ring is 1. The van der Waals surface area contributed by atoms with Gasteiger partial charge in [0.05, 0.1) is 16.4 Å². The number of ether oxygens (including phenoxy) is 2. The molecule has 5 rings (SSSR count). The third-order valence-electron chi connectivity index (χ3n) is 5.94. The molecule has 1 aliphatic heterocycles. The van der Waals surface area contributed by atoms with Crippen LogP contribution >= 0.6 is 34.9 Å². The van der Waals surface area contributed by atoms with Crippen molar-refractivity contribution >= 4 is 50.9 Å². The molecule has 0 spiro atoms. The third-order valence-corrected chi connectivity index (χ3v) is 9.71. The van der Waals surface area contributed by atoms with Crippen LogP contribution in [0.3, 0.4) is 0 Å². The molecule has 0 bridgehead atoms. The fourth-order valence-electron chi connectivity index (χ4n) is 4.40. The number of aromatic nitrogens is 2. The minimum Gasteiger partial charge on any atom is -0.383 e. The van der Waals surface area contributed by atoms with Gasteiger partial charge in [-0.2, -0.15) is 0 Å². The lowest BCUT2D eigenvalue weighted by Gasteiger charge is -2.30. The summed E-state index contributed by atoms with van der Waals surface area (Å²) < 4.78 is 11.3. The van der Waals surface area contributed by atoms with E-state index in [2.05, 4.69) is 65.6 Å². The first kappa shape index (κ1) is 24.6. The first-order valence-corrected chi connectivity index (χ1v) is 14.6. The van der Waals surface area contributed by atoms with Gasteiger partial charge in [-0.1, -0.05) is 72.4 Å². The van der Waals surface area contributed by atoms with Gasteiger partial charge in [-0.3, -0.25) is 0 Å². The van der Waals surface area contributed by atoms with Crippen LogP contribution in [0.4, 0.5) is 5.82 Å². The molecule has 2 aromatic carbocycles. The Morgan fingerprint density at radius 2 is 1.63 bits per heavy atom. The van der Waals surface area contributed by atoms with Crippen molar-refractivity contribution in [2.75, 3.05) is 24.7 Å². The number of nitrogens with two attached hydrogens (primary N) is 1. The number of hydrogen-bond acceptors (Lipinski definition) is 8. The van der Waals surface area contributed by atoms with Crippen LogP contribution in [0, 0.1) is 0 Å². The van der Waals surface area contributed by atoms with Gasteiger partial charge in [0.25, 0.3) is 0 Å². The van der Waals surface area contributed by atoms with Crippen molar-refractivity contribution in [1.29, 1.82) is 0 Å². The quantitative estimate of drug-likeness (QED) is 0.146. The molecule has 182 valence electrons. The highest BCUT2D eigenvalue weighted by Gasteiger charge is 2.34. The molecule has 0 fully saturated rings. The standard InChI is InChI=1S/C27H29N3O2S3/c1-3-31-21(32-4-2)16-33-27-29-25(28)22-19-15-20(17-11-7-5-8-12-17)34-23(18-13-9-6-10-14-18)24(19)35-26(22)30-27/h5-14,20-21,23H,3-4,15-16H2,1-2H3,(H2,28,29,30)/t20-,23+/m1/s1. The van der Waals surface area contributed by atoms with Crippen LogP contribution in [0.15, 0.2) is 65.8 Å². The van der Waals surface area contributed by atoms with Crippen LogP contribution in [0.1, 0.15) is 45.9 Å². The summed E-state index contributed by atoms with van der Waals surface area (Å²) in [6.45, 7) is 5.15. The smallest absolute Gasteiger partial charge is 0.191 e. The summed E-state index contributed by atoms with van der Waals surface area (Å²) >= 11 is 5.30. The van der Waals surface area contributed by atoms with Gasteiger partial charge >= 0.3 is 0 Å². The van der Waals surface area contributed by atoms with Crippen LogP contribution in [-0.2, 0) is 15.9 Å². The van der Waals surface area contributed by atoms with Crippen molar-refractivity contribution in [3.8, 4) is 0 Å². The number of thiophene rings is 1. The zero-order valence-electron chi connectivity index (χ0n) is 19.8. The zero-order chi connectivity index (χ0) is 24.2. The van der Waals surface area contributed by atoms with Crippen molar-refractivity contribution in [3.05, 3.63) is 82.2 Å². The second-order valence-electron chi connectivity index (χ2n) is 8.20. The van der Waals surface area contributed by atoms with Gasteiger partial charge in [-0.15, -0.1) is 23.1 Å². The van der Waals surface area contributed by atoms with Gasteiger partial charge in [0, 0.05) is 23.3 Å². The molecule has 0 saturated carbocycles. The zero-order valence-corrected chi connectivity index (χ0v) is 22.3. The van der Waals surface area contributed by atoms with Crippen LogP contribution < -0.4 is 5.73 Å². The lowest BCUT2D eigenvalue weighted by atomic mass is 9.98. The van der Waals surface area contributed by atoms with E-state index in [1.54, 1.807) is 11.3 Å². The van der Waals surface area contributed by atoms with Crippen molar-refractivity contribution in [2.45, 2.75) is 42.2 Å². The Balaban J connectivity index is 1.52. The monoisotopic (exact) mass is 523 g/mol. The summed E-state index contributed by atoms with van der Waals surface area (Å²) in [7, 11) is 0. The van der Waals surface area contributed by atoms with E-state index in [0.717, 1.165) is 16.6 Å². The number of thioether (sulfide) groups is 2. The topological polar surface area (TPSA) is 70.3 Å². The highest BCUT2D eigenvalue weighted by Crippen LogP contribution is 2.55. The molecule has 0 radical (unpaired) electrons. The lowest BCUT2D eigenvalue weighted by molar-refractivity contribution is -0.120. The minimum atomic E-state index is -0.280. The largest absolute Gasteiger partial charge is 0.383 e. The molecule has 4 aromatic rings. The molecular weight excluding hydrogens is 495 g/mol. The molecule has 2 aromatic heterocycles. The Kier molecular flexibility index (Phi) is 7.94. The predicted molar refractivity (Wildman–Crippen MR) is 148 cm³/mol. The Labute approximate surface area is 218 Å². The average Bonchev–Trinajstić information content (AvgIpc) is 3.27. The van der Waals surface area contributed by atoms with E-state index >= 15 is 0 Å². The van der Waals surface area contributed by atoms with E-state index in [4.69, 9.17) is 20.2 Å². The van der Waals surface area contributed by atoms with E-state index in [1.165, 1.54) is 33.3 Å². The van der Waals surface area contributed by atoms with E-state index in [9.17, 15) is 0 Å². The predicted octanol–water partition coefficient (Wildman–Crippen LogP) is 6.88. The number of rotatable bonds is 9. The fraction of sp³-hybridized carbons (Fsp3) is 0.333. The number of fused-ring (bicyclic) bond motifs is 3. The van der Waals surface area contributed by atoms with E-state index in [1.807, 2.05) is 25.6 Å². The highest BCUT2D eigenvalue weighted by molar-refractivity contribution is 8.00. The fourth-order valence-corrected chi connectivity index (χ4v) is 8.27. The van der Waals surface area contributed by atoms with Gasteiger partial charge in [0.2, 0.25) is 0 Å². The Morgan fingerprint density at radius 1 is 0.971 bits per heavy atom. The molecule has 1 aliphatic rings. The maximum atomic E-state index is 6.59. The summed E-state index contributed by atoms with van der Waals surface area (Å²) in [6.07, 6.45) is 0.641. The molecule has 35 heavy (non-hydrogen) atoms. The SMILES string of the molecule is CCOC(CSc1nc(N)c2c3c(sc2n1)[C@H](c1ccccc1)S[C@@H](c1ccccc1)C3)OCC. The maximum Gasteiger partial charge on any atom is 0.191 e. The van der Waals surface area contributed by atoms with Gasteiger partial charge in [-0.05, 0) is 37.0 Å². The second kappa shape index (κ2) is 11.3. The van der Waals surface area contributed by atoms with Crippen molar-refractivity contribution in [1.82, 2.24) is 9.97 Å². The van der Waals surface area contributed by atoms with Gasteiger partial charge in [0.15, 0.2) is 11.4 Å². The van der Waals surface area contributed by atoms with E-state index < -0.39 is 0 Å². The molecule has 8 heteroatoms. The second-order valence-corrected chi connectivity index (χ2v) is 11.5. The Bertz CT molecular complexity index is 1260. The normalized spacial score (nSPS) is 17.7. The van der Waals surface area contributed by atoms with E-state index in [-0.39, 0.29) is 11.5 Å². The summed E-state index contributed by atoms with van der Waals surface area (Å²) in [6, 6.07) is 21.5. The molecule has 2 atom stereocenters. The number of benzene rings is 2.